The lowest BCUT2D eigenvalue weighted by atomic mass is 10.1. The summed E-state index contributed by atoms with van der Waals surface area (Å²) < 4.78 is 0. The van der Waals surface area contributed by atoms with Crippen LogP contribution in [0.25, 0.3) is 0 Å². The third-order valence-electron chi connectivity index (χ3n) is 2.70. The summed E-state index contributed by atoms with van der Waals surface area (Å²) in [6, 6.07) is 5.56. The van der Waals surface area contributed by atoms with Crippen molar-refractivity contribution in [2.45, 2.75) is 33.7 Å². The van der Waals surface area contributed by atoms with Crippen LogP contribution in [0.15, 0.2) is 18.2 Å². The van der Waals surface area contributed by atoms with Gasteiger partial charge in [0.15, 0.2) is 0 Å². The van der Waals surface area contributed by atoms with Crippen molar-refractivity contribution in [1.82, 2.24) is 10.3 Å². The van der Waals surface area contributed by atoms with E-state index in [1.165, 1.54) is 0 Å². The molecule has 1 rings (SSSR count). The van der Waals surface area contributed by atoms with Gasteiger partial charge in [0.05, 0.1) is 0 Å². The maximum Gasteiger partial charge on any atom is 0.270 e. The van der Waals surface area contributed by atoms with Gasteiger partial charge in [0.25, 0.3) is 5.91 Å². The minimum Gasteiger partial charge on any atom is -0.370 e. The Labute approximate surface area is 103 Å². The number of nitrogens with zero attached hydrogens (tertiary/aromatic N) is 1. The van der Waals surface area contributed by atoms with Gasteiger partial charge in [0.2, 0.25) is 0 Å². The van der Waals surface area contributed by atoms with Crippen molar-refractivity contribution in [3.05, 3.63) is 23.9 Å². The molecule has 1 aromatic heterocycles. The van der Waals surface area contributed by atoms with Gasteiger partial charge in [-0.1, -0.05) is 19.9 Å². The number of amides is 1. The van der Waals surface area contributed by atoms with E-state index in [0.29, 0.717) is 11.6 Å². The summed E-state index contributed by atoms with van der Waals surface area (Å²) in [5.74, 6) is 1.03. The minimum absolute atomic E-state index is 0.119. The Kier molecular flexibility index (Phi) is 4.94. The first-order valence-corrected chi connectivity index (χ1v) is 6.06. The van der Waals surface area contributed by atoms with Gasteiger partial charge in [-0.15, -0.1) is 0 Å². The summed E-state index contributed by atoms with van der Waals surface area (Å²) in [7, 11) is 0. The van der Waals surface area contributed by atoms with E-state index >= 15 is 0 Å². The Bertz CT molecular complexity index is 377. The number of nitrogens with one attached hydrogen (secondary N) is 2. The van der Waals surface area contributed by atoms with Gasteiger partial charge in [-0.25, -0.2) is 4.98 Å². The highest BCUT2D eigenvalue weighted by Gasteiger charge is 2.13. The third kappa shape index (κ3) is 4.06. The Morgan fingerprint density at radius 2 is 2.06 bits per heavy atom. The highest BCUT2D eigenvalue weighted by Crippen LogP contribution is 2.06. The zero-order valence-corrected chi connectivity index (χ0v) is 10.9. The normalized spacial score (nSPS) is 12.3. The fourth-order valence-electron chi connectivity index (χ4n) is 1.29. The smallest absolute Gasteiger partial charge is 0.270 e. The van der Waals surface area contributed by atoms with E-state index in [1.54, 1.807) is 6.07 Å². The van der Waals surface area contributed by atoms with E-state index in [0.717, 1.165) is 12.4 Å². The van der Waals surface area contributed by atoms with Gasteiger partial charge in [-0.05, 0) is 31.9 Å². The maximum atomic E-state index is 11.9. The number of anilines is 1. The second-order valence-corrected chi connectivity index (χ2v) is 4.44. The van der Waals surface area contributed by atoms with E-state index in [2.05, 4.69) is 29.5 Å². The van der Waals surface area contributed by atoms with Crippen LogP contribution in [0.2, 0.25) is 0 Å². The zero-order valence-electron chi connectivity index (χ0n) is 10.9. The average molecular weight is 235 g/mol. The molecule has 4 heteroatoms. The molecule has 17 heavy (non-hydrogen) atoms. The number of hydrogen-bond acceptors (Lipinski definition) is 3. The Morgan fingerprint density at radius 1 is 1.35 bits per heavy atom. The molecule has 0 aliphatic heterocycles. The average Bonchev–Trinajstić information content (AvgIpc) is 2.29. The van der Waals surface area contributed by atoms with Crippen molar-refractivity contribution in [2.75, 3.05) is 11.9 Å². The van der Waals surface area contributed by atoms with Crippen LogP contribution in [0.4, 0.5) is 5.82 Å². The zero-order chi connectivity index (χ0) is 12.8. The molecule has 0 fully saturated rings. The van der Waals surface area contributed by atoms with Crippen LogP contribution in [-0.4, -0.2) is 23.5 Å². The number of aromatic nitrogens is 1. The fraction of sp³-hybridized carbons (Fsp3) is 0.538. The van der Waals surface area contributed by atoms with Crippen LogP contribution in [0.5, 0.6) is 0 Å². The molecule has 2 N–H and O–H groups in total. The van der Waals surface area contributed by atoms with Crippen LogP contribution < -0.4 is 10.6 Å². The van der Waals surface area contributed by atoms with Crippen LogP contribution in [0.1, 0.15) is 38.2 Å². The number of rotatable bonds is 5. The van der Waals surface area contributed by atoms with E-state index in [9.17, 15) is 4.79 Å². The largest absolute Gasteiger partial charge is 0.370 e. The maximum absolute atomic E-state index is 11.9. The molecule has 1 amide bonds. The van der Waals surface area contributed by atoms with E-state index in [-0.39, 0.29) is 11.9 Å². The first-order chi connectivity index (χ1) is 8.04. The molecule has 4 nitrogen and oxygen atoms in total. The molecule has 0 aliphatic carbocycles. The second kappa shape index (κ2) is 6.23. The molecule has 1 heterocycles. The molecule has 0 bridgehead atoms. The van der Waals surface area contributed by atoms with Crippen LogP contribution >= 0.6 is 0 Å². The van der Waals surface area contributed by atoms with Crippen LogP contribution in [0.3, 0.4) is 0 Å². The lowest BCUT2D eigenvalue weighted by molar-refractivity contribution is 0.0925. The second-order valence-electron chi connectivity index (χ2n) is 4.44. The monoisotopic (exact) mass is 235 g/mol. The first-order valence-electron chi connectivity index (χ1n) is 6.06. The van der Waals surface area contributed by atoms with Crippen molar-refractivity contribution in [3.63, 3.8) is 0 Å². The first kappa shape index (κ1) is 13.5. The molecular formula is C13H21N3O. The predicted molar refractivity (Wildman–Crippen MR) is 70.2 cm³/mol. The summed E-state index contributed by atoms with van der Waals surface area (Å²) in [5, 5.41) is 6.02. The van der Waals surface area contributed by atoms with Gasteiger partial charge in [0.1, 0.15) is 11.5 Å². The highest BCUT2D eigenvalue weighted by molar-refractivity contribution is 5.92. The fourth-order valence-corrected chi connectivity index (χ4v) is 1.29. The van der Waals surface area contributed by atoms with Gasteiger partial charge in [-0.3, -0.25) is 4.79 Å². The lowest BCUT2D eigenvalue weighted by Crippen LogP contribution is -2.36. The van der Waals surface area contributed by atoms with E-state index in [4.69, 9.17) is 0 Å². The lowest BCUT2D eigenvalue weighted by Gasteiger charge is -2.17. The SMILES string of the molecule is CCNc1cccc(C(=O)NC(C)C(C)C)n1. The highest BCUT2D eigenvalue weighted by atomic mass is 16.1. The number of hydrogen-bond donors (Lipinski definition) is 2. The summed E-state index contributed by atoms with van der Waals surface area (Å²) in [5.41, 5.74) is 0.455. The molecule has 0 radical (unpaired) electrons. The van der Waals surface area contributed by atoms with Crippen LogP contribution in [0, 0.1) is 5.92 Å². The van der Waals surface area contributed by atoms with Gasteiger partial charge < -0.3 is 10.6 Å². The quantitative estimate of drug-likeness (QED) is 0.823. The van der Waals surface area contributed by atoms with Gasteiger partial charge >= 0.3 is 0 Å². The van der Waals surface area contributed by atoms with Gasteiger partial charge in [0, 0.05) is 12.6 Å². The molecule has 1 aromatic rings. The summed E-state index contributed by atoms with van der Waals surface area (Å²) >= 11 is 0. The molecule has 0 aliphatic rings. The Morgan fingerprint density at radius 3 is 2.65 bits per heavy atom. The standard InChI is InChI=1S/C13H21N3O/c1-5-14-12-8-6-7-11(16-12)13(17)15-10(4)9(2)3/h6-10H,5H2,1-4H3,(H,14,16)(H,15,17). The van der Waals surface area contributed by atoms with Crippen molar-refractivity contribution < 1.29 is 4.79 Å². The molecule has 1 atom stereocenters. The third-order valence-corrected chi connectivity index (χ3v) is 2.70. The number of carbonyl (C=O) groups excluding carboxylic acids is 1. The minimum atomic E-state index is -0.119. The number of pyridine rings is 1. The molecule has 0 saturated carbocycles. The Hall–Kier alpha value is -1.58. The summed E-state index contributed by atoms with van der Waals surface area (Å²) in [6.07, 6.45) is 0. The van der Waals surface area contributed by atoms with Crippen molar-refractivity contribution in [1.29, 1.82) is 0 Å². The molecule has 1 unspecified atom stereocenters. The number of carbonyl (C=O) groups is 1. The van der Waals surface area contributed by atoms with Crippen LogP contribution in [-0.2, 0) is 0 Å². The predicted octanol–water partition coefficient (Wildman–Crippen LogP) is 2.29. The van der Waals surface area contributed by atoms with E-state index < -0.39 is 0 Å². The topological polar surface area (TPSA) is 54.0 Å². The van der Waals surface area contributed by atoms with Crippen molar-refractivity contribution in [2.24, 2.45) is 5.92 Å². The Balaban J connectivity index is 2.71. The van der Waals surface area contributed by atoms with E-state index in [1.807, 2.05) is 26.0 Å². The van der Waals surface area contributed by atoms with Gasteiger partial charge in [-0.2, -0.15) is 0 Å². The van der Waals surface area contributed by atoms with Crippen molar-refractivity contribution in [3.8, 4) is 0 Å². The summed E-state index contributed by atoms with van der Waals surface area (Å²) in [4.78, 5) is 16.2. The molecule has 94 valence electrons. The molecule has 0 aromatic carbocycles. The molecule has 0 spiro atoms. The molecular weight excluding hydrogens is 214 g/mol. The summed E-state index contributed by atoms with van der Waals surface area (Å²) in [6.45, 7) is 8.94. The van der Waals surface area contributed by atoms with Crippen molar-refractivity contribution >= 4 is 11.7 Å². The molecule has 0 saturated heterocycles.